The van der Waals surface area contributed by atoms with Gasteiger partial charge in [-0.3, -0.25) is 0 Å². The van der Waals surface area contributed by atoms with Crippen LogP contribution in [0.1, 0.15) is 30.2 Å². The highest BCUT2D eigenvalue weighted by atomic mass is 19.1. The number of benzene rings is 1. The number of rotatable bonds is 3. The minimum Gasteiger partial charge on any atom is -0.494 e. The minimum atomic E-state index is -0.347. The van der Waals surface area contributed by atoms with E-state index < -0.39 is 0 Å². The molecule has 1 atom stereocenters. The zero-order chi connectivity index (χ0) is 13.2. The number of aryl methyl sites for hydroxylation is 1. The van der Waals surface area contributed by atoms with E-state index in [-0.39, 0.29) is 17.6 Å². The van der Waals surface area contributed by atoms with Gasteiger partial charge in [-0.25, -0.2) is 4.39 Å². The summed E-state index contributed by atoms with van der Waals surface area (Å²) in [6, 6.07) is 7.06. The first-order chi connectivity index (χ1) is 9.28. The van der Waals surface area contributed by atoms with E-state index in [0.717, 1.165) is 30.7 Å². The molecule has 1 N–H and O–H groups in total. The van der Waals surface area contributed by atoms with Crippen molar-refractivity contribution in [1.82, 2.24) is 0 Å². The Bertz CT molecular complexity index is 579. The Morgan fingerprint density at radius 2 is 2.26 bits per heavy atom. The lowest BCUT2D eigenvalue weighted by atomic mass is 9.93. The van der Waals surface area contributed by atoms with Crippen molar-refractivity contribution in [2.75, 3.05) is 12.4 Å². The summed E-state index contributed by atoms with van der Waals surface area (Å²) in [7, 11) is 1.47. The number of nitrogens with one attached hydrogen (secondary N) is 1. The molecule has 4 heteroatoms. The fourth-order valence-corrected chi connectivity index (χ4v) is 2.59. The van der Waals surface area contributed by atoms with Crippen LogP contribution in [0.2, 0.25) is 0 Å². The van der Waals surface area contributed by atoms with Gasteiger partial charge in [0.15, 0.2) is 11.6 Å². The molecule has 0 aliphatic heterocycles. The molecule has 1 aliphatic carbocycles. The van der Waals surface area contributed by atoms with Gasteiger partial charge in [0.2, 0.25) is 0 Å². The first-order valence-electron chi connectivity index (χ1n) is 6.44. The molecular weight excluding hydrogens is 245 g/mol. The highest BCUT2D eigenvalue weighted by Crippen LogP contribution is 2.34. The predicted molar refractivity (Wildman–Crippen MR) is 71.0 cm³/mol. The minimum absolute atomic E-state index is 0.220. The first kappa shape index (κ1) is 12.1. The van der Waals surface area contributed by atoms with E-state index in [1.54, 1.807) is 18.4 Å². The molecule has 1 aliphatic rings. The van der Waals surface area contributed by atoms with Gasteiger partial charge in [-0.15, -0.1) is 0 Å². The molecule has 0 saturated carbocycles. The van der Waals surface area contributed by atoms with Gasteiger partial charge in [0.1, 0.15) is 5.76 Å². The second-order valence-electron chi connectivity index (χ2n) is 4.74. The fourth-order valence-electron chi connectivity index (χ4n) is 2.59. The molecule has 0 radical (unpaired) electrons. The predicted octanol–water partition coefficient (Wildman–Crippen LogP) is 3.92. The lowest BCUT2D eigenvalue weighted by Crippen LogP contribution is -2.15. The Kier molecular flexibility index (Phi) is 3.15. The highest BCUT2D eigenvalue weighted by Gasteiger charge is 2.22. The Balaban J connectivity index is 1.83. The maximum atomic E-state index is 13.4. The molecule has 0 bridgehead atoms. The Hall–Kier alpha value is -1.97. The Morgan fingerprint density at radius 3 is 3.11 bits per heavy atom. The Morgan fingerprint density at radius 1 is 1.37 bits per heavy atom. The number of ether oxygens (including phenoxy) is 1. The van der Waals surface area contributed by atoms with Crippen LogP contribution < -0.4 is 10.1 Å². The van der Waals surface area contributed by atoms with E-state index in [1.165, 1.54) is 18.7 Å². The number of methoxy groups -OCH3 is 1. The number of fused-ring (bicyclic) bond motifs is 1. The summed E-state index contributed by atoms with van der Waals surface area (Å²) in [6.45, 7) is 0. The fraction of sp³-hybridized carbons (Fsp3) is 0.333. The van der Waals surface area contributed by atoms with Crippen LogP contribution in [0.4, 0.5) is 10.1 Å². The van der Waals surface area contributed by atoms with Crippen molar-refractivity contribution in [1.29, 1.82) is 0 Å². The molecule has 1 unspecified atom stereocenters. The molecule has 3 nitrogen and oxygen atoms in total. The van der Waals surface area contributed by atoms with Crippen molar-refractivity contribution >= 4 is 5.69 Å². The monoisotopic (exact) mass is 261 g/mol. The highest BCUT2D eigenvalue weighted by molar-refractivity contribution is 5.51. The Labute approximate surface area is 111 Å². The SMILES string of the molecule is COc1cc(NC2CCCc3occc32)ccc1F. The summed E-state index contributed by atoms with van der Waals surface area (Å²) < 4.78 is 23.8. The molecule has 3 rings (SSSR count). The van der Waals surface area contributed by atoms with Crippen LogP contribution in [0.3, 0.4) is 0 Å². The molecule has 0 spiro atoms. The van der Waals surface area contributed by atoms with Crippen molar-refractivity contribution in [2.24, 2.45) is 0 Å². The lowest BCUT2D eigenvalue weighted by Gasteiger charge is -2.24. The molecule has 1 aromatic carbocycles. The number of halogens is 1. The van der Waals surface area contributed by atoms with E-state index in [1.807, 2.05) is 6.07 Å². The van der Waals surface area contributed by atoms with Gasteiger partial charge in [-0.1, -0.05) is 0 Å². The third-order valence-corrected chi connectivity index (χ3v) is 3.54. The third kappa shape index (κ3) is 2.30. The van der Waals surface area contributed by atoms with Crippen molar-refractivity contribution in [3.63, 3.8) is 0 Å². The lowest BCUT2D eigenvalue weighted by molar-refractivity contribution is 0.386. The average Bonchev–Trinajstić information content (AvgIpc) is 2.90. The van der Waals surface area contributed by atoms with E-state index in [9.17, 15) is 4.39 Å². The van der Waals surface area contributed by atoms with Crippen molar-refractivity contribution in [3.8, 4) is 5.75 Å². The largest absolute Gasteiger partial charge is 0.494 e. The van der Waals surface area contributed by atoms with Gasteiger partial charge in [0.05, 0.1) is 19.4 Å². The van der Waals surface area contributed by atoms with Crippen LogP contribution in [0, 0.1) is 5.82 Å². The summed E-state index contributed by atoms with van der Waals surface area (Å²) in [5.74, 6) is 0.965. The summed E-state index contributed by atoms with van der Waals surface area (Å²) >= 11 is 0. The van der Waals surface area contributed by atoms with Crippen LogP contribution in [-0.2, 0) is 6.42 Å². The number of anilines is 1. The standard InChI is InChI=1S/C15H16FNO2/c1-18-15-9-10(5-6-12(15)16)17-13-3-2-4-14-11(13)7-8-19-14/h5-9,13,17H,2-4H2,1H3. The number of hydrogen-bond donors (Lipinski definition) is 1. The molecule has 0 amide bonds. The van der Waals surface area contributed by atoms with Gasteiger partial charge >= 0.3 is 0 Å². The van der Waals surface area contributed by atoms with Gasteiger partial charge in [0, 0.05) is 23.7 Å². The quantitative estimate of drug-likeness (QED) is 0.909. The van der Waals surface area contributed by atoms with Gasteiger partial charge in [-0.2, -0.15) is 0 Å². The summed E-state index contributed by atoms with van der Waals surface area (Å²) in [5.41, 5.74) is 2.06. The van der Waals surface area contributed by atoms with E-state index in [0.29, 0.717) is 0 Å². The second-order valence-corrected chi connectivity index (χ2v) is 4.74. The molecule has 19 heavy (non-hydrogen) atoms. The van der Waals surface area contributed by atoms with Crippen molar-refractivity contribution < 1.29 is 13.5 Å². The average molecular weight is 261 g/mol. The van der Waals surface area contributed by atoms with Crippen molar-refractivity contribution in [2.45, 2.75) is 25.3 Å². The van der Waals surface area contributed by atoms with Crippen LogP contribution in [-0.4, -0.2) is 7.11 Å². The van der Waals surface area contributed by atoms with Gasteiger partial charge in [0.25, 0.3) is 0 Å². The first-order valence-corrected chi connectivity index (χ1v) is 6.44. The zero-order valence-corrected chi connectivity index (χ0v) is 10.8. The topological polar surface area (TPSA) is 34.4 Å². The molecule has 1 aromatic heterocycles. The molecular formula is C15H16FNO2. The summed E-state index contributed by atoms with van der Waals surface area (Å²) in [5, 5.41) is 3.42. The molecule has 1 heterocycles. The van der Waals surface area contributed by atoms with Gasteiger partial charge < -0.3 is 14.5 Å². The second kappa shape index (κ2) is 4.96. The van der Waals surface area contributed by atoms with E-state index in [2.05, 4.69) is 5.32 Å². The van der Waals surface area contributed by atoms with Crippen LogP contribution in [0.15, 0.2) is 34.9 Å². The van der Waals surface area contributed by atoms with Gasteiger partial charge in [-0.05, 0) is 31.0 Å². The smallest absolute Gasteiger partial charge is 0.165 e. The number of hydrogen-bond acceptors (Lipinski definition) is 3. The van der Waals surface area contributed by atoms with Crippen LogP contribution in [0.25, 0.3) is 0 Å². The van der Waals surface area contributed by atoms with E-state index >= 15 is 0 Å². The molecule has 100 valence electrons. The normalized spacial score (nSPS) is 17.9. The summed E-state index contributed by atoms with van der Waals surface area (Å²) in [6.07, 6.45) is 4.87. The molecule has 0 fully saturated rings. The zero-order valence-electron chi connectivity index (χ0n) is 10.8. The molecule has 0 saturated heterocycles. The maximum absolute atomic E-state index is 13.4. The maximum Gasteiger partial charge on any atom is 0.165 e. The third-order valence-electron chi connectivity index (χ3n) is 3.54. The summed E-state index contributed by atoms with van der Waals surface area (Å²) in [4.78, 5) is 0. The van der Waals surface area contributed by atoms with E-state index in [4.69, 9.17) is 9.15 Å². The van der Waals surface area contributed by atoms with Crippen LogP contribution in [0.5, 0.6) is 5.75 Å². The van der Waals surface area contributed by atoms with Crippen LogP contribution >= 0.6 is 0 Å². The molecule has 2 aromatic rings. The number of furan rings is 1. The van der Waals surface area contributed by atoms with Crippen molar-refractivity contribution in [3.05, 3.63) is 47.7 Å².